The highest BCUT2D eigenvalue weighted by atomic mass is 35.5. The third-order valence-electron chi connectivity index (χ3n) is 3.66. The highest BCUT2D eigenvalue weighted by molar-refractivity contribution is 6.31. The van der Waals surface area contributed by atoms with Crippen LogP contribution in [-0.4, -0.2) is 40.8 Å². The smallest absolute Gasteiger partial charge is 0.341 e. The van der Waals surface area contributed by atoms with Gasteiger partial charge in [-0.2, -0.15) is 14.5 Å². The van der Waals surface area contributed by atoms with E-state index in [2.05, 4.69) is 20.4 Å². The lowest BCUT2D eigenvalue weighted by atomic mass is 10.2. The van der Waals surface area contributed by atoms with E-state index in [0.29, 0.717) is 16.4 Å². The average Bonchev–Trinajstić information content (AvgIpc) is 3.08. The van der Waals surface area contributed by atoms with Crippen LogP contribution in [0.5, 0.6) is 0 Å². The molecule has 0 fully saturated rings. The Morgan fingerprint density at radius 1 is 1.15 bits per heavy atom. The summed E-state index contributed by atoms with van der Waals surface area (Å²) in [4.78, 5) is 28.6. The summed E-state index contributed by atoms with van der Waals surface area (Å²) < 4.78 is 2.10. The zero-order chi connectivity index (χ0) is 18.3. The number of benzene rings is 1. The van der Waals surface area contributed by atoms with Crippen molar-refractivity contribution in [2.45, 2.75) is 0 Å². The third-order valence-corrected chi connectivity index (χ3v) is 3.90. The van der Waals surface area contributed by atoms with E-state index in [1.165, 1.54) is 16.9 Å². The fourth-order valence-electron chi connectivity index (χ4n) is 2.50. The van der Waals surface area contributed by atoms with Crippen LogP contribution >= 0.6 is 11.6 Å². The number of aromatic nitrogens is 6. The Balaban J connectivity index is 2.06. The Hall–Kier alpha value is -3.59. The maximum absolute atomic E-state index is 12.9. The van der Waals surface area contributed by atoms with Crippen molar-refractivity contribution >= 4 is 28.5 Å². The average molecular weight is 369 g/mol. The molecule has 0 aliphatic carbocycles. The molecule has 3 aromatic heterocycles. The number of halogens is 1. The predicted octanol–water partition coefficient (Wildman–Crippen LogP) is 1.71. The number of carboxylic acid groups (broad SMARTS) is 1. The molecule has 26 heavy (non-hydrogen) atoms. The molecule has 9 nitrogen and oxygen atoms in total. The maximum Gasteiger partial charge on any atom is 0.341 e. The highest BCUT2D eigenvalue weighted by Crippen LogP contribution is 2.18. The van der Waals surface area contributed by atoms with Crippen LogP contribution in [0, 0.1) is 0 Å². The second kappa shape index (κ2) is 6.05. The van der Waals surface area contributed by atoms with Gasteiger partial charge in [0.15, 0.2) is 11.6 Å². The third kappa shape index (κ3) is 2.50. The summed E-state index contributed by atoms with van der Waals surface area (Å²) in [5.74, 6) is -1.01. The molecule has 0 saturated carbocycles. The van der Waals surface area contributed by atoms with E-state index in [-0.39, 0.29) is 16.8 Å². The standard InChI is InChI=1S/C16H9ClN6O3/c17-9-4-5-12-10(7-9)15(24)23(21-20-12)14-11(16(25)26)8-19-22(14)13-3-1-2-6-18-13/h1-8H,(H,25,26). The summed E-state index contributed by atoms with van der Waals surface area (Å²) in [5.41, 5.74) is -0.442. The van der Waals surface area contributed by atoms with Crippen molar-refractivity contribution in [3.05, 3.63) is 69.7 Å². The number of carboxylic acids is 1. The van der Waals surface area contributed by atoms with Crippen molar-refractivity contribution in [2.75, 3.05) is 0 Å². The van der Waals surface area contributed by atoms with Gasteiger partial charge in [0, 0.05) is 11.2 Å². The summed E-state index contributed by atoms with van der Waals surface area (Å²) >= 11 is 5.96. The first-order valence-electron chi connectivity index (χ1n) is 7.34. The molecule has 0 aliphatic heterocycles. The first-order valence-corrected chi connectivity index (χ1v) is 7.72. The number of pyridine rings is 1. The Morgan fingerprint density at radius 2 is 2.00 bits per heavy atom. The zero-order valence-electron chi connectivity index (χ0n) is 12.9. The summed E-state index contributed by atoms with van der Waals surface area (Å²) in [6, 6.07) is 9.64. The van der Waals surface area contributed by atoms with Crippen LogP contribution in [0.15, 0.2) is 53.6 Å². The molecule has 0 radical (unpaired) electrons. The van der Waals surface area contributed by atoms with Gasteiger partial charge in [-0.25, -0.2) is 9.78 Å². The molecule has 1 aromatic carbocycles. The molecule has 128 valence electrons. The number of fused-ring (bicyclic) bond motifs is 1. The molecule has 4 aromatic rings. The van der Waals surface area contributed by atoms with Crippen LogP contribution in [0.3, 0.4) is 0 Å². The van der Waals surface area contributed by atoms with Crippen molar-refractivity contribution < 1.29 is 9.90 Å². The molecule has 4 rings (SSSR count). The summed E-state index contributed by atoms with van der Waals surface area (Å²) in [7, 11) is 0. The molecule has 0 aliphatic rings. The molecule has 0 atom stereocenters. The van der Waals surface area contributed by atoms with Crippen molar-refractivity contribution in [1.29, 1.82) is 0 Å². The minimum Gasteiger partial charge on any atom is -0.477 e. The van der Waals surface area contributed by atoms with Gasteiger partial charge in [-0.1, -0.05) is 22.9 Å². The van der Waals surface area contributed by atoms with Crippen LogP contribution in [0.1, 0.15) is 10.4 Å². The summed E-state index contributed by atoms with van der Waals surface area (Å²) in [6.07, 6.45) is 2.65. The van der Waals surface area contributed by atoms with Gasteiger partial charge >= 0.3 is 5.97 Å². The van der Waals surface area contributed by atoms with E-state index >= 15 is 0 Å². The van der Waals surface area contributed by atoms with E-state index in [0.717, 1.165) is 10.9 Å². The lowest BCUT2D eigenvalue weighted by Gasteiger charge is -2.09. The molecule has 0 bridgehead atoms. The summed E-state index contributed by atoms with van der Waals surface area (Å²) in [5, 5.41) is 21.9. The molecule has 0 unspecified atom stereocenters. The molecular weight excluding hydrogens is 360 g/mol. The van der Waals surface area contributed by atoms with Gasteiger partial charge in [-0.15, -0.1) is 5.10 Å². The van der Waals surface area contributed by atoms with Crippen LogP contribution in [-0.2, 0) is 0 Å². The minimum atomic E-state index is -1.26. The normalized spacial score (nSPS) is 11.0. The zero-order valence-corrected chi connectivity index (χ0v) is 13.7. The molecule has 1 N–H and O–H groups in total. The lowest BCUT2D eigenvalue weighted by molar-refractivity contribution is 0.0696. The van der Waals surface area contributed by atoms with Gasteiger partial charge in [0.05, 0.1) is 11.6 Å². The molecule has 0 amide bonds. The quantitative estimate of drug-likeness (QED) is 0.585. The van der Waals surface area contributed by atoms with Gasteiger partial charge in [0.1, 0.15) is 11.1 Å². The van der Waals surface area contributed by atoms with Gasteiger partial charge in [-0.05, 0) is 30.3 Å². The van der Waals surface area contributed by atoms with Gasteiger partial charge in [0.2, 0.25) is 0 Å². The maximum atomic E-state index is 12.9. The largest absolute Gasteiger partial charge is 0.477 e. The van der Waals surface area contributed by atoms with Crippen molar-refractivity contribution in [3.8, 4) is 11.6 Å². The molecule has 0 spiro atoms. The topological polar surface area (TPSA) is 116 Å². The Kier molecular flexibility index (Phi) is 3.70. The Morgan fingerprint density at radius 3 is 2.73 bits per heavy atom. The fraction of sp³-hybridized carbons (Fsp3) is 0. The lowest BCUT2D eigenvalue weighted by Crippen LogP contribution is -2.26. The highest BCUT2D eigenvalue weighted by Gasteiger charge is 2.23. The number of rotatable bonds is 3. The number of aromatic carboxylic acids is 1. The van der Waals surface area contributed by atoms with Crippen molar-refractivity contribution in [3.63, 3.8) is 0 Å². The van der Waals surface area contributed by atoms with E-state index in [1.54, 1.807) is 30.3 Å². The van der Waals surface area contributed by atoms with Gasteiger partial charge < -0.3 is 5.11 Å². The van der Waals surface area contributed by atoms with E-state index in [9.17, 15) is 14.7 Å². The van der Waals surface area contributed by atoms with E-state index in [4.69, 9.17) is 11.6 Å². The number of hydrogen-bond acceptors (Lipinski definition) is 6. The van der Waals surface area contributed by atoms with Crippen LogP contribution in [0.2, 0.25) is 5.02 Å². The Labute approximate surface area is 150 Å². The van der Waals surface area contributed by atoms with E-state index < -0.39 is 11.5 Å². The fourth-order valence-corrected chi connectivity index (χ4v) is 2.67. The Bertz CT molecular complexity index is 1200. The monoisotopic (exact) mass is 368 g/mol. The first kappa shape index (κ1) is 15.9. The van der Waals surface area contributed by atoms with Gasteiger partial charge in [-0.3, -0.25) is 4.79 Å². The van der Waals surface area contributed by atoms with Crippen LogP contribution in [0.4, 0.5) is 0 Å². The number of carbonyl (C=O) groups is 1. The van der Waals surface area contributed by atoms with E-state index in [1.807, 2.05) is 0 Å². The molecule has 0 saturated heterocycles. The SMILES string of the molecule is O=C(O)c1cnn(-c2ccccn2)c1-n1nnc2ccc(Cl)cc2c1=O. The first-order chi connectivity index (χ1) is 12.6. The number of nitrogens with zero attached hydrogens (tertiary/aromatic N) is 6. The van der Waals surface area contributed by atoms with Gasteiger partial charge in [0.25, 0.3) is 5.56 Å². The van der Waals surface area contributed by atoms with Crippen molar-refractivity contribution in [2.24, 2.45) is 0 Å². The molecule has 10 heteroatoms. The molecule has 3 heterocycles. The van der Waals surface area contributed by atoms with Crippen LogP contribution < -0.4 is 5.56 Å². The summed E-state index contributed by atoms with van der Waals surface area (Å²) in [6.45, 7) is 0. The van der Waals surface area contributed by atoms with Crippen molar-refractivity contribution in [1.82, 2.24) is 29.8 Å². The molecular formula is C16H9ClN6O3. The second-order valence-corrected chi connectivity index (χ2v) is 5.69. The number of hydrogen-bond donors (Lipinski definition) is 1. The second-order valence-electron chi connectivity index (χ2n) is 5.25. The minimum absolute atomic E-state index is 0.0735. The predicted molar refractivity (Wildman–Crippen MR) is 92.0 cm³/mol. The van der Waals surface area contributed by atoms with Crippen LogP contribution in [0.25, 0.3) is 22.5 Å².